The van der Waals surface area contributed by atoms with Crippen LogP contribution in [0.3, 0.4) is 0 Å². The van der Waals surface area contributed by atoms with E-state index in [0.717, 1.165) is 31.6 Å². The molecule has 2 aliphatic heterocycles. The number of ether oxygens (including phenoxy) is 2. The summed E-state index contributed by atoms with van der Waals surface area (Å²) in [4.78, 5) is 40.2. The average Bonchev–Trinajstić information content (AvgIpc) is 2.96. The molecule has 0 bridgehead atoms. The topological polar surface area (TPSA) is 124 Å². The molecule has 236 valence electrons. The van der Waals surface area contributed by atoms with Gasteiger partial charge in [0.15, 0.2) is 11.4 Å². The van der Waals surface area contributed by atoms with Gasteiger partial charge in [0.1, 0.15) is 11.9 Å². The predicted molar refractivity (Wildman–Crippen MR) is 167 cm³/mol. The number of halogens is 1. The summed E-state index contributed by atoms with van der Waals surface area (Å²) in [6.07, 6.45) is 3.36. The Balaban J connectivity index is 0.00000128. The van der Waals surface area contributed by atoms with E-state index in [1.54, 1.807) is 43.4 Å². The first-order chi connectivity index (χ1) is 21.6. The molecule has 1 aliphatic carbocycles. The highest BCUT2D eigenvalue weighted by Crippen LogP contribution is 2.51. The van der Waals surface area contributed by atoms with Crippen LogP contribution in [0.5, 0.6) is 11.6 Å². The van der Waals surface area contributed by atoms with Crippen LogP contribution in [0.25, 0.3) is 11.3 Å². The van der Waals surface area contributed by atoms with Gasteiger partial charge < -0.3 is 29.5 Å². The average molecular weight is 616 g/mol. The third kappa shape index (κ3) is 6.93. The number of urea groups is 1. The van der Waals surface area contributed by atoms with Gasteiger partial charge in [-0.3, -0.25) is 4.79 Å². The van der Waals surface area contributed by atoms with E-state index in [9.17, 15) is 14.0 Å². The molecule has 1 aromatic carbocycles. The number of amides is 3. The quantitative estimate of drug-likeness (QED) is 0.397. The summed E-state index contributed by atoms with van der Waals surface area (Å²) in [5, 5.41) is 10.3. The van der Waals surface area contributed by atoms with Crippen molar-refractivity contribution < 1.29 is 23.5 Å². The third-order valence-electron chi connectivity index (χ3n) is 8.13. The predicted octanol–water partition coefficient (Wildman–Crippen LogP) is 4.35. The van der Waals surface area contributed by atoms with Crippen molar-refractivity contribution in [2.75, 3.05) is 51.8 Å². The van der Waals surface area contributed by atoms with Gasteiger partial charge in [0.2, 0.25) is 5.88 Å². The second kappa shape index (κ2) is 13.4. The number of nitrogens with zero attached hydrogens (tertiary/aromatic N) is 6. The number of aromatic nitrogens is 2. The minimum atomic E-state index is -0.351. The van der Waals surface area contributed by atoms with Crippen LogP contribution in [-0.4, -0.2) is 90.7 Å². The Bertz CT molecular complexity index is 1560. The Morgan fingerprint density at radius 3 is 2.47 bits per heavy atom. The molecule has 4 heterocycles. The number of carbonyl (C=O) groups is 2. The summed E-state index contributed by atoms with van der Waals surface area (Å²) < 4.78 is 25.4. The molecule has 1 spiro atoms. The fourth-order valence-corrected chi connectivity index (χ4v) is 5.98. The number of pyridine rings is 2. The van der Waals surface area contributed by atoms with E-state index in [1.165, 1.54) is 24.0 Å². The zero-order chi connectivity index (χ0) is 32.1. The summed E-state index contributed by atoms with van der Waals surface area (Å²) in [5.41, 5.74) is 2.63. The Kier molecular flexibility index (Phi) is 9.37. The van der Waals surface area contributed by atoms with Crippen molar-refractivity contribution in [3.63, 3.8) is 0 Å². The van der Waals surface area contributed by atoms with Crippen LogP contribution in [0.1, 0.15) is 37.2 Å². The summed E-state index contributed by atoms with van der Waals surface area (Å²) in [7, 11) is 3.41. The minimum absolute atomic E-state index is 0.0335. The van der Waals surface area contributed by atoms with E-state index in [2.05, 4.69) is 15.2 Å². The van der Waals surface area contributed by atoms with Crippen molar-refractivity contribution in [3.8, 4) is 29.0 Å². The molecule has 3 amide bonds. The molecule has 12 heteroatoms. The Morgan fingerprint density at radius 2 is 1.82 bits per heavy atom. The van der Waals surface area contributed by atoms with Crippen LogP contribution in [0.2, 0.25) is 0 Å². The molecule has 3 aromatic rings. The molecular weight excluding hydrogens is 577 g/mol. The van der Waals surface area contributed by atoms with Crippen LogP contribution in [0.15, 0.2) is 54.7 Å². The SMILES string of the molecule is CC#N.CCOc1ncccc1-c1ccc(OC2CC3(C2)CN(c2ccc(F)cc2)C3)c(C(=O)NC2CN(C(=O)N(C)C)C2)n1. The van der Waals surface area contributed by atoms with E-state index >= 15 is 0 Å². The Hall–Kier alpha value is -4.92. The van der Waals surface area contributed by atoms with Crippen molar-refractivity contribution in [2.24, 2.45) is 5.41 Å². The van der Waals surface area contributed by atoms with Gasteiger partial charge in [-0.1, -0.05) is 0 Å². The van der Waals surface area contributed by atoms with Crippen molar-refractivity contribution in [1.29, 1.82) is 5.26 Å². The van der Waals surface area contributed by atoms with Gasteiger partial charge in [-0.05, 0) is 68.3 Å². The van der Waals surface area contributed by atoms with Crippen LogP contribution < -0.4 is 19.7 Å². The van der Waals surface area contributed by atoms with Crippen LogP contribution in [0, 0.1) is 22.6 Å². The molecule has 0 radical (unpaired) electrons. The minimum Gasteiger partial charge on any atom is -0.488 e. The zero-order valence-corrected chi connectivity index (χ0v) is 26.0. The number of hydrogen-bond acceptors (Lipinski definition) is 8. The van der Waals surface area contributed by atoms with E-state index < -0.39 is 0 Å². The second-order valence-electron chi connectivity index (χ2n) is 11.8. The smallest absolute Gasteiger partial charge is 0.319 e. The molecule has 2 aromatic heterocycles. The summed E-state index contributed by atoms with van der Waals surface area (Å²) >= 11 is 0. The molecule has 0 atom stereocenters. The second-order valence-corrected chi connectivity index (χ2v) is 11.8. The van der Waals surface area contributed by atoms with Gasteiger partial charge >= 0.3 is 6.03 Å². The largest absolute Gasteiger partial charge is 0.488 e. The molecule has 45 heavy (non-hydrogen) atoms. The van der Waals surface area contributed by atoms with E-state index in [1.807, 2.05) is 31.2 Å². The van der Waals surface area contributed by atoms with Crippen LogP contribution in [0.4, 0.5) is 14.9 Å². The molecule has 6 rings (SSSR count). The maximum Gasteiger partial charge on any atom is 0.319 e. The molecular formula is C33H38FN7O4. The summed E-state index contributed by atoms with van der Waals surface area (Å²) in [5.74, 6) is 0.282. The first kappa shape index (κ1) is 31.5. The van der Waals surface area contributed by atoms with Gasteiger partial charge in [0, 0.05) is 64.5 Å². The van der Waals surface area contributed by atoms with Gasteiger partial charge in [0.05, 0.1) is 30.0 Å². The highest BCUT2D eigenvalue weighted by Gasteiger charge is 2.53. The lowest BCUT2D eigenvalue weighted by Gasteiger charge is -2.59. The highest BCUT2D eigenvalue weighted by atomic mass is 19.1. The maximum atomic E-state index is 13.5. The molecule has 3 aliphatic rings. The Morgan fingerprint density at radius 1 is 1.13 bits per heavy atom. The number of hydrogen-bond donors (Lipinski definition) is 1. The molecule has 11 nitrogen and oxygen atoms in total. The van der Waals surface area contributed by atoms with Gasteiger partial charge in [0.25, 0.3) is 5.91 Å². The first-order valence-corrected chi connectivity index (χ1v) is 15.0. The third-order valence-corrected chi connectivity index (χ3v) is 8.13. The van der Waals surface area contributed by atoms with Crippen molar-refractivity contribution in [1.82, 2.24) is 25.1 Å². The first-order valence-electron chi connectivity index (χ1n) is 15.0. The number of anilines is 1. The molecule has 0 unspecified atom stereocenters. The Labute approximate surface area is 262 Å². The van der Waals surface area contributed by atoms with Gasteiger partial charge in [-0.15, -0.1) is 0 Å². The maximum absolute atomic E-state index is 13.5. The van der Waals surface area contributed by atoms with Crippen LogP contribution >= 0.6 is 0 Å². The monoisotopic (exact) mass is 615 g/mol. The van der Waals surface area contributed by atoms with Crippen LogP contribution in [-0.2, 0) is 0 Å². The summed E-state index contributed by atoms with van der Waals surface area (Å²) in [6.45, 7) is 6.43. The fraction of sp³-hybridized carbons (Fsp3) is 0.424. The molecule has 1 N–H and O–H groups in total. The lowest BCUT2D eigenvalue weighted by atomic mass is 9.61. The number of carbonyl (C=O) groups excluding carboxylic acids is 2. The number of benzene rings is 1. The van der Waals surface area contributed by atoms with E-state index in [4.69, 9.17) is 19.7 Å². The standard InChI is InChI=1S/C31H35FN6O4.C2H3N/c1-4-41-29-24(6-5-13-33-29)25-11-12-26(27(35-25)28(39)34-21-16-37(17-21)30(40)36(2)3)42-23-14-31(15-23)18-38(19-31)22-9-7-20(32)8-10-22;1-2-3/h5-13,21,23H,4,14-19H2,1-3H3,(H,34,39);1H3. The van der Waals surface area contributed by atoms with E-state index in [-0.39, 0.29) is 41.0 Å². The van der Waals surface area contributed by atoms with Crippen molar-refractivity contribution in [3.05, 3.63) is 66.2 Å². The molecule has 1 saturated carbocycles. The molecule has 2 saturated heterocycles. The zero-order valence-electron chi connectivity index (χ0n) is 26.0. The van der Waals surface area contributed by atoms with Crippen molar-refractivity contribution in [2.45, 2.75) is 38.8 Å². The summed E-state index contributed by atoms with van der Waals surface area (Å²) in [6, 6.07) is 15.4. The normalized spacial score (nSPS) is 16.6. The lowest BCUT2D eigenvalue weighted by molar-refractivity contribution is -0.0344. The van der Waals surface area contributed by atoms with Gasteiger partial charge in [-0.2, -0.15) is 5.26 Å². The van der Waals surface area contributed by atoms with Crippen molar-refractivity contribution >= 4 is 17.6 Å². The van der Waals surface area contributed by atoms with Gasteiger partial charge in [-0.25, -0.2) is 19.2 Å². The number of nitrogens with one attached hydrogen (secondary N) is 1. The highest BCUT2D eigenvalue weighted by molar-refractivity contribution is 5.96. The number of likely N-dealkylation sites (tertiary alicyclic amines) is 1. The molecule has 3 fully saturated rings. The van der Waals surface area contributed by atoms with E-state index in [0.29, 0.717) is 42.6 Å². The lowest BCUT2D eigenvalue weighted by Crippen LogP contribution is -2.65. The number of rotatable bonds is 8. The fourth-order valence-electron chi connectivity index (χ4n) is 5.98. The number of nitriles is 1.